The molecule has 1 aromatic heterocycles. The fourth-order valence-electron chi connectivity index (χ4n) is 2.69. The summed E-state index contributed by atoms with van der Waals surface area (Å²) in [6, 6.07) is 3.53. The Kier molecular flexibility index (Phi) is 7.26. The van der Waals surface area contributed by atoms with Crippen LogP contribution >= 0.6 is 11.3 Å². The highest BCUT2D eigenvalue weighted by Gasteiger charge is 2.15. The standard InChI is InChI=1S/C17H23NO4S/c19-14(15-7-4-10-23-15)8-9-17(21)22-12-16(20)18-11-13-5-2-1-3-6-13/h4,7,10,13H,1-3,5-6,8-9,11-12H2,(H,18,20). The first-order chi connectivity index (χ1) is 11.1. The Labute approximate surface area is 140 Å². The monoisotopic (exact) mass is 337 g/mol. The Balaban J connectivity index is 1.56. The summed E-state index contributed by atoms with van der Waals surface area (Å²) in [5.41, 5.74) is 0. The zero-order chi connectivity index (χ0) is 16.5. The van der Waals surface area contributed by atoms with Crippen LogP contribution in [-0.2, 0) is 14.3 Å². The van der Waals surface area contributed by atoms with E-state index in [1.807, 2.05) is 5.38 Å². The van der Waals surface area contributed by atoms with Crippen LogP contribution in [0.4, 0.5) is 0 Å². The van der Waals surface area contributed by atoms with Crippen LogP contribution in [0.15, 0.2) is 17.5 Å². The molecule has 1 aromatic rings. The summed E-state index contributed by atoms with van der Waals surface area (Å²) in [5, 5.41) is 4.64. The van der Waals surface area contributed by atoms with Crippen molar-refractivity contribution < 1.29 is 19.1 Å². The minimum Gasteiger partial charge on any atom is -0.456 e. The van der Waals surface area contributed by atoms with Gasteiger partial charge in [-0.05, 0) is 30.2 Å². The molecule has 1 aliphatic carbocycles. The molecule has 1 saturated carbocycles. The second-order valence-electron chi connectivity index (χ2n) is 5.87. The van der Waals surface area contributed by atoms with Crippen LogP contribution in [-0.4, -0.2) is 30.8 Å². The highest BCUT2D eigenvalue weighted by atomic mass is 32.1. The molecule has 0 atom stereocenters. The van der Waals surface area contributed by atoms with Gasteiger partial charge in [-0.15, -0.1) is 11.3 Å². The number of thiophene rings is 1. The van der Waals surface area contributed by atoms with Crippen molar-refractivity contribution in [3.63, 3.8) is 0 Å². The Morgan fingerprint density at radius 2 is 1.96 bits per heavy atom. The number of carbonyl (C=O) groups excluding carboxylic acids is 3. The van der Waals surface area contributed by atoms with E-state index in [9.17, 15) is 14.4 Å². The maximum atomic E-state index is 11.7. The van der Waals surface area contributed by atoms with E-state index in [1.54, 1.807) is 12.1 Å². The highest BCUT2D eigenvalue weighted by molar-refractivity contribution is 7.12. The van der Waals surface area contributed by atoms with Crippen molar-refractivity contribution in [3.8, 4) is 0 Å². The number of ketones is 1. The van der Waals surface area contributed by atoms with Gasteiger partial charge in [0, 0.05) is 13.0 Å². The van der Waals surface area contributed by atoms with Gasteiger partial charge in [0.1, 0.15) is 0 Å². The van der Waals surface area contributed by atoms with Gasteiger partial charge in [-0.25, -0.2) is 0 Å². The second-order valence-corrected chi connectivity index (χ2v) is 6.82. The van der Waals surface area contributed by atoms with E-state index in [1.165, 1.54) is 30.6 Å². The highest BCUT2D eigenvalue weighted by Crippen LogP contribution is 2.22. The zero-order valence-corrected chi connectivity index (χ0v) is 14.0. The van der Waals surface area contributed by atoms with E-state index in [4.69, 9.17) is 4.74 Å². The molecule has 1 fully saturated rings. The van der Waals surface area contributed by atoms with Gasteiger partial charge in [-0.1, -0.05) is 25.3 Å². The van der Waals surface area contributed by atoms with Crippen molar-refractivity contribution in [3.05, 3.63) is 22.4 Å². The largest absolute Gasteiger partial charge is 0.456 e. The predicted molar refractivity (Wildman–Crippen MR) is 88.4 cm³/mol. The summed E-state index contributed by atoms with van der Waals surface area (Å²) in [6.07, 6.45) is 6.18. The van der Waals surface area contributed by atoms with Crippen LogP contribution in [0.2, 0.25) is 0 Å². The molecule has 1 N–H and O–H groups in total. The van der Waals surface area contributed by atoms with Gasteiger partial charge >= 0.3 is 5.97 Å². The normalized spacial score (nSPS) is 15.1. The molecule has 1 amide bonds. The molecule has 0 saturated heterocycles. The minimum absolute atomic E-state index is 0.00659. The molecule has 1 aliphatic rings. The summed E-state index contributed by atoms with van der Waals surface area (Å²) in [4.78, 5) is 35.6. The molecule has 1 heterocycles. The number of ether oxygens (including phenoxy) is 1. The van der Waals surface area contributed by atoms with Gasteiger partial charge in [0.25, 0.3) is 5.91 Å². The Bertz CT molecular complexity index is 521. The first-order valence-corrected chi connectivity index (χ1v) is 9.02. The van der Waals surface area contributed by atoms with Gasteiger partial charge in [0.15, 0.2) is 12.4 Å². The van der Waals surface area contributed by atoms with E-state index >= 15 is 0 Å². The number of esters is 1. The molecule has 23 heavy (non-hydrogen) atoms. The molecule has 5 nitrogen and oxygen atoms in total. The van der Waals surface area contributed by atoms with Crippen molar-refractivity contribution in [2.75, 3.05) is 13.2 Å². The fraction of sp³-hybridized carbons (Fsp3) is 0.588. The van der Waals surface area contributed by atoms with Gasteiger partial charge in [-0.3, -0.25) is 14.4 Å². The van der Waals surface area contributed by atoms with E-state index in [2.05, 4.69) is 5.32 Å². The lowest BCUT2D eigenvalue weighted by atomic mass is 9.89. The van der Waals surface area contributed by atoms with E-state index < -0.39 is 5.97 Å². The number of hydrogen-bond donors (Lipinski definition) is 1. The molecule has 0 unspecified atom stereocenters. The number of amides is 1. The van der Waals surface area contributed by atoms with Crippen LogP contribution in [0.25, 0.3) is 0 Å². The molecule has 0 radical (unpaired) electrons. The van der Waals surface area contributed by atoms with Crippen LogP contribution in [0.1, 0.15) is 54.6 Å². The summed E-state index contributed by atoms with van der Waals surface area (Å²) < 4.78 is 4.91. The third-order valence-corrected chi connectivity index (χ3v) is 4.94. The molecule has 0 aliphatic heterocycles. The zero-order valence-electron chi connectivity index (χ0n) is 13.2. The van der Waals surface area contributed by atoms with E-state index in [0.717, 1.165) is 12.8 Å². The lowest BCUT2D eigenvalue weighted by Gasteiger charge is -2.21. The van der Waals surface area contributed by atoms with Gasteiger partial charge in [0.2, 0.25) is 0 Å². The first-order valence-electron chi connectivity index (χ1n) is 8.14. The molecule has 0 bridgehead atoms. The predicted octanol–water partition coefficient (Wildman–Crippen LogP) is 2.95. The molecule has 0 aromatic carbocycles. The Morgan fingerprint density at radius 1 is 1.17 bits per heavy atom. The lowest BCUT2D eigenvalue weighted by Crippen LogP contribution is -2.33. The smallest absolute Gasteiger partial charge is 0.306 e. The third kappa shape index (κ3) is 6.52. The molecule has 2 rings (SSSR count). The summed E-state index contributed by atoms with van der Waals surface area (Å²) in [7, 11) is 0. The molecular weight excluding hydrogens is 314 g/mol. The summed E-state index contributed by atoms with van der Waals surface area (Å²) in [6.45, 7) is 0.395. The Hall–Kier alpha value is -1.69. The number of hydrogen-bond acceptors (Lipinski definition) is 5. The van der Waals surface area contributed by atoms with Crippen LogP contribution < -0.4 is 5.32 Å². The van der Waals surface area contributed by atoms with Gasteiger partial charge < -0.3 is 10.1 Å². The van der Waals surface area contributed by atoms with Crippen LogP contribution in [0, 0.1) is 5.92 Å². The van der Waals surface area contributed by atoms with Gasteiger partial charge in [-0.2, -0.15) is 0 Å². The fourth-order valence-corrected chi connectivity index (χ4v) is 3.39. The number of rotatable bonds is 8. The Morgan fingerprint density at radius 3 is 2.65 bits per heavy atom. The van der Waals surface area contributed by atoms with E-state index in [0.29, 0.717) is 17.3 Å². The minimum atomic E-state index is -0.511. The third-order valence-electron chi connectivity index (χ3n) is 4.03. The van der Waals surface area contributed by atoms with Crippen molar-refractivity contribution >= 4 is 29.0 Å². The number of Topliss-reactive ketones (excluding diaryl/α,β-unsaturated/α-hetero) is 1. The first kappa shape index (κ1) is 17.7. The summed E-state index contributed by atoms with van der Waals surface area (Å²) >= 11 is 1.36. The SMILES string of the molecule is O=C(COC(=O)CCC(=O)c1cccs1)NCC1CCCCC1. The van der Waals surface area contributed by atoms with Crippen LogP contribution in [0.5, 0.6) is 0 Å². The quantitative estimate of drug-likeness (QED) is 0.585. The molecular formula is C17H23NO4S. The maximum Gasteiger partial charge on any atom is 0.306 e. The topological polar surface area (TPSA) is 72.5 Å². The maximum absolute atomic E-state index is 11.7. The molecule has 6 heteroatoms. The average molecular weight is 337 g/mol. The number of carbonyl (C=O) groups is 3. The lowest BCUT2D eigenvalue weighted by molar-refractivity contribution is -0.148. The van der Waals surface area contributed by atoms with E-state index in [-0.39, 0.29) is 31.1 Å². The van der Waals surface area contributed by atoms with Crippen molar-refractivity contribution in [1.29, 1.82) is 0 Å². The molecule has 0 spiro atoms. The molecule has 126 valence electrons. The van der Waals surface area contributed by atoms with Crippen molar-refractivity contribution in [2.45, 2.75) is 44.9 Å². The second kappa shape index (κ2) is 9.45. The van der Waals surface area contributed by atoms with Crippen LogP contribution in [0.3, 0.4) is 0 Å². The summed E-state index contributed by atoms with van der Waals surface area (Å²) in [5.74, 6) is -0.304. The van der Waals surface area contributed by atoms with Crippen molar-refractivity contribution in [1.82, 2.24) is 5.32 Å². The number of nitrogens with one attached hydrogen (secondary N) is 1. The van der Waals surface area contributed by atoms with Crippen molar-refractivity contribution in [2.24, 2.45) is 5.92 Å². The average Bonchev–Trinajstić information content (AvgIpc) is 3.11. The van der Waals surface area contributed by atoms with Gasteiger partial charge in [0.05, 0.1) is 11.3 Å².